The molecule has 47 heavy (non-hydrogen) atoms. The first-order chi connectivity index (χ1) is 22.1. The maximum absolute atomic E-state index is 13.6. The van der Waals surface area contributed by atoms with Gasteiger partial charge in [-0.1, -0.05) is 70.9 Å². The van der Waals surface area contributed by atoms with Gasteiger partial charge in [0.25, 0.3) is 0 Å². The van der Waals surface area contributed by atoms with Crippen molar-refractivity contribution < 1.29 is 27.6 Å². The van der Waals surface area contributed by atoms with E-state index in [1.807, 2.05) is 56.0 Å². The number of unbranched alkanes of at least 4 members (excludes halogenated alkanes) is 2. The second-order valence-corrected chi connectivity index (χ2v) is 15.8. The number of rotatable bonds is 13. The summed E-state index contributed by atoms with van der Waals surface area (Å²) < 4.78 is 26.7. The Bertz CT molecular complexity index is 1350. The SMILES string of the molecule is CCCCCC(=O)N/C(=N\C(=O)CC(C)(C)C)N1CCC(CNC(=O)[C@@H]2CCCN2C(=O)[C@@H](Cc2ccccc2)NS(C)(=O)=O)CC1. The van der Waals surface area contributed by atoms with Gasteiger partial charge in [0.05, 0.1) is 6.26 Å². The third-order valence-corrected chi connectivity index (χ3v) is 9.14. The molecule has 2 heterocycles. The number of hydrogen-bond donors (Lipinski definition) is 3. The predicted molar refractivity (Wildman–Crippen MR) is 183 cm³/mol. The van der Waals surface area contributed by atoms with E-state index in [-0.39, 0.29) is 41.9 Å². The molecule has 1 aromatic carbocycles. The van der Waals surface area contributed by atoms with E-state index in [9.17, 15) is 27.6 Å². The second-order valence-electron chi connectivity index (χ2n) is 14.1. The molecule has 13 heteroatoms. The van der Waals surface area contributed by atoms with Gasteiger partial charge in [0, 0.05) is 39.0 Å². The van der Waals surface area contributed by atoms with Crippen LogP contribution >= 0.6 is 0 Å². The number of sulfonamides is 1. The van der Waals surface area contributed by atoms with Crippen molar-refractivity contribution in [2.75, 3.05) is 32.4 Å². The summed E-state index contributed by atoms with van der Waals surface area (Å²) in [6.07, 6.45) is 7.20. The van der Waals surface area contributed by atoms with Gasteiger partial charge >= 0.3 is 0 Å². The molecule has 0 saturated carbocycles. The van der Waals surface area contributed by atoms with Crippen LogP contribution in [0.5, 0.6) is 0 Å². The minimum Gasteiger partial charge on any atom is -0.354 e. The standard InChI is InChI=1S/C34H54N6O6S/c1-6-7-9-16-29(41)36-33(37-30(42)23-34(2,3)4)39-20-17-26(18-21-39)24-35-31(43)28-15-12-19-40(28)32(44)27(38-47(5,45)46)22-25-13-10-8-11-14-25/h8,10-11,13-14,26-28,38H,6-7,9,12,15-24H2,1-5H3,(H,35,43)(H,36,37,41,42)/t27-,28+/m1/s1. The Labute approximate surface area is 280 Å². The van der Waals surface area contributed by atoms with Gasteiger partial charge in [-0.25, -0.2) is 13.1 Å². The van der Waals surface area contributed by atoms with Gasteiger partial charge in [0.1, 0.15) is 12.1 Å². The van der Waals surface area contributed by atoms with Gasteiger partial charge in [-0.05, 0) is 55.4 Å². The van der Waals surface area contributed by atoms with Crippen LogP contribution in [0.3, 0.4) is 0 Å². The van der Waals surface area contributed by atoms with E-state index in [0.29, 0.717) is 51.4 Å². The van der Waals surface area contributed by atoms with Gasteiger partial charge in [0.15, 0.2) is 0 Å². The van der Waals surface area contributed by atoms with Gasteiger partial charge in [-0.3, -0.25) is 24.5 Å². The number of likely N-dealkylation sites (tertiary alicyclic amines) is 2. The molecule has 0 aliphatic carbocycles. The highest BCUT2D eigenvalue weighted by Crippen LogP contribution is 2.22. The van der Waals surface area contributed by atoms with Crippen molar-refractivity contribution in [2.24, 2.45) is 16.3 Å². The zero-order chi connectivity index (χ0) is 34.6. The Morgan fingerprint density at radius 3 is 2.30 bits per heavy atom. The summed E-state index contributed by atoms with van der Waals surface area (Å²) in [5.74, 6) is -0.602. The fourth-order valence-corrected chi connectivity index (χ4v) is 6.72. The summed E-state index contributed by atoms with van der Waals surface area (Å²) >= 11 is 0. The molecular weight excluding hydrogens is 620 g/mol. The highest BCUT2D eigenvalue weighted by Gasteiger charge is 2.38. The van der Waals surface area contributed by atoms with E-state index in [1.54, 1.807) is 0 Å². The van der Waals surface area contributed by atoms with Crippen molar-refractivity contribution in [2.45, 2.75) is 104 Å². The summed E-state index contributed by atoms with van der Waals surface area (Å²) in [6.45, 7) is 9.95. The molecule has 2 aliphatic rings. The van der Waals surface area contributed by atoms with E-state index in [1.165, 1.54) is 4.90 Å². The van der Waals surface area contributed by atoms with Crippen molar-refractivity contribution >= 4 is 39.6 Å². The molecule has 1 aromatic rings. The fourth-order valence-electron chi connectivity index (χ4n) is 6.01. The number of guanidine groups is 1. The average Bonchev–Trinajstić information content (AvgIpc) is 3.48. The molecule has 0 radical (unpaired) electrons. The highest BCUT2D eigenvalue weighted by atomic mass is 32.2. The highest BCUT2D eigenvalue weighted by molar-refractivity contribution is 7.88. The topological polar surface area (TPSA) is 157 Å². The first-order valence-electron chi connectivity index (χ1n) is 16.9. The molecule has 2 saturated heterocycles. The maximum atomic E-state index is 13.6. The van der Waals surface area contributed by atoms with E-state index in [0.717, 1.165) is 43.9 Å². The third kappa shape index (κ3) is 13.4. The molecule has 2 fully saturated rings. The lowest BCUT2D eigenvalue weighted by molar-refractivity contribution is -0.139. The van der Waals surface area contributed by atoms with Crippen LogP contribution in [0.25, 0.3) is 0 Å². The molecule has 3 rings (SSSR count). The van der Waals surface area contributed by atoms with E-state index in [2.05, 4.69) is 27.3 Å². The second kappa shape index (κ2) is 17.7. The molecule has 0 bridgehead atoms. The summed E-state index contributed by atoms with van der Waals surface area (Å²) in [5.41, 5.74) is 0.588. The Morgan fingerprint density at radius 1 is 1.00 bits per heavy atom. The molecule has 262 valence electrons. The summed E-state index contributed by atoms with van der Waals surface area (Å²) in [7, 11) is -3.67. The number of benzene rings is 1. The Morgan fingerprint density at radius 2 is 1.68 bits per heavy atom. The normalized spacial score (nSPS) is 18.6. The lowest BCUT2D eigenvalue weighted by atomic mass is 9.92. The van der Waals surface area contributed by atoms with Crippen molar-refractivity contribution in [3.63, 3.8) is 0 Å². The number of hydrogen-bond acceptors (Lipinski definition) is 6. The molecule has 2 atom stereocenters. The predicted octanol–water partition coefficient (Wildman–Crippen LogP) is 2.98. The van der Waals surface area contributed by atoms with Crippen LogP contribution in [0.2, 0.25) is 0 Å². The molecule has 4 amide bonds. The van der Waals surface area contributed by atoms with Gasteiger partial charge < -0.3 is 15.1 Å². The van der Waals surface area contributed by atoms with Crippen LogP contribution in [-0.2, 0) is 35.6 Å². The first-order valence-corrected chi connectivity index (χ1v) is 18.8. The molecule has 0 unspecified atom stereocenters. The molecule has 3 N–H and O–H groups in total. The number of carbonyl (C=O) groups is 4. The fraction of sp³-hybridized carbons (Fsp3) is 0.676. The van der Waals surface area contributed by atoms with E-state index < -0.39 is 28.0 Å². The Hall–Kier alpha value is -3.32. The number of carbonyl (C=O) groups excluding carboxylic acids is 4. The van der Waals surface area contributed by atoms with Gasteiger partial charge in [-0.2, -0.15) is 4.99 Å². The quantitative estimate of drug-likeness (QED) is 0.165. The van der Waals surface area contributed by atoms with Crippen LogP contribution in [0.4, 0.5) is 0 Å². The van der Waals surface area contributed by atoms with Crippen LogP contribution in [-0.4, -0.2) is 92.3 Å². The van der Waals surface area contributed by atoms with Crippen molar-refractivity contribution in [1.82, 2.24) is 25.2 Å². The molecule has 12 nitrogen and oxygen atoms in total. The monoisotopic (exact) mass is 674 g/mol. The minimum absolute atomic E-state index is 0.149. The van der Waals surface area contributed by atoms with Crippen molar-refractivity contribution in [3.8, 4) is 0 Å². The largest absolute Gasteiger partial charge is 0.354 e. The van der Waals surface area contributed by atoms with Crippen LogP contribution < -0.4 is 15.4 Å². The first kappa shape index (κ1) is 38.1. The summed E-state index contributed by atoms with van der Waals surface area (Å²) in [4.78, 5) is 60.1. The summed E-state index contributed by atoms with van der Waals surface area (Å²) in [6, 6.07) is 7.51. The van der Waals surface area contributed by atoms with Gasteiger partial charge in [0.2, 0.25) is 39.6 Å². The minimum atomic E-state index is -3.67. The number of nitrogens with zero attached hydrogens (tertiary/aromatic N) is 3. The number of aliphatic imine (C=N–C) groups is 1. The number of piperidine rings is 1. The van der Waals surface area contributed by atoms with Crippen LogP contribution in [0.1, 0.15) is 91.0 Å². The Kier molecular flexibility index (Phi) is 14.4. The van der Waals surface area contributed by atoms with Gasteiger partial charge in [-0.15, -0.1) is 0 Å². The molecule has 2 aliphatic heterocycles. The molecule has 0 aromatic heterocycles. The third-order valence-electron chi connectivity index (χ3n) is 8.43. The van der Waals surface area contributed by atoms with Crippen LogP contribution in [0.15, 0.2) is 35.3 Å². The lowest BCUT2D eigenvalue weighted by Crippen LogP contribution is -2.54. The van der Waals surface area contributed by atoms with Crippen molar-refractivity contribution in [1.29, 1.82) is 0 Å². The molecule has 0 spiro atoms. The average molecular weight is 675 g/mol. The zero-order valence-corrected chi connectivity index (χ0v) is 29.5. The molecular formula is C34H54N6O6S. The lowest BCUT2D eigenvalue weighted by Gasteiger charge is -2.34. The smallest absolute Gasteiger partial charge is 0.249 e. The van der Waals surface area contributed by atoms with E-state index >= 15 is 0 Å². The van der Waals surface area contributed by atoms with Crippen LogP contribution in [0, 0.1) is 11.3 Å². The zero-order valence-electron chi connectivity index (χ0n) is 28.7. The Balaban J connectivity index is 1.58. The number of nitrogens with one attached hydrogen (secondary N) is 3. The number of amides is 4. The maximum Gasteiger partial charge on any atom is 0.249 e. The van der Waals surface area contributed by atoms with E-state index in [4.69, 9.17) is 0 Å². The van der Waals surface area contributed by atoms with Crippen molar-refractivity contribution in [3.05, 3.63) is 35.9 Å². The summed E-state index contributed by atoms with van der Waals surface area (Å²) in [5, 5.41) is 5.92.